The van der Waals surface area contributed by atoms with Gasteiger partial charge in [-0.1, -0.05) is 66.0 Å². The highest BCUT2D eigenvalue weighted by atomic mass is 79.9. The van der Waals surface area contributed by atoms with E-state index in [0.29, 0.717) is 11.2 Å². The van der Waals surface area contributed by atoms with Gasteiger partial charge in [-0.15, -0.1) is 0 Å². The topological polar surface area (TPSA) is 20.2 Å². The van der Waals surface area contributed by atoms with Crippen molar-refractivity contribution in [2.24, 2.45) is 11.3 Å². The lowest BCUT2D eigenvalue weighted by Crippen LogP contribution is -2.11. The van der Waals surface area contributed by atoms with Crippen LogP contribution in [0.15, 0.2) is 21.1 Å². The Balaban J connectivity index is 2.50. The Morgan fingerprint density at radius 2 is 1.68 bits per heavy atom. The number of hydrogen-bond acceptors (Lipinski definition) is 1. The highest BCUT2D eigenvalue weighted by Crippen LogP contribution is 2.32. The summed E-state index contributed by atoms with van der Waals surface area (Å²) < 4.78 is 1.98. The van der Waals surface area contributed by atoms with Crippen molar-refractivity contribution in [3.05, 3.63) is 26.6 Å². The van der Waals surface area contributed by atoms with Gasteiger partial charge in [0.15, 0.2) is 0 Å². The smallest absolute Gasteiger partial charge is 0.117 e. The largest absolute Gasteiger partial charge is 0.508 e. The summed E-state index contributed by atoms with van der Waals surface area (Å²) in [5.41, 5.74) is 1.67. The van der Waals surface area contributed by atoms with Gasteiger partial charge in [-0.05, 0) is 48.3 Å². The molecule has 1 atom stereocenters. The first-order chi connectivity index (χ1) is 8.69. The van der Waals surface area contributed by atoms with Crippen molar-refractivity contribution in [3.63, 3.8) is 0 Å². The van der Waals surface area contributed by atoms with E-state index < -0.39 is 0 Å². The zero-order chi connectivity index (χ0) is 14.6. The Morgan fingerprint density at radius 3 is 2.16 bits per heavy atom. The summed E-state index contributed by atoms with van der Waals surface area (Å²) in [5, 5.41) is 9.50. The molecule has 0 amide bonds. The van der Waals surface area contributed by atoms with Crippen molar-refractivity contribution in [1.29, 1.82) is 0 Å². The third kappa shape index (κ3) is 6.31. The molecule has 1 nitrogen and oxygen atoms in total. The fraction of sp³-hybridized carbons (Fsp3) is 0.625. The summed E-state index contributed by atoms with van der Waals surface area (Å²) in [5.74, 6) is 1.05. The van der Waals surface area contributed by atoms with Crippen LogP contribution in [-0.2, 0) is 6.42 Å². The Kier molecular flexibility index (Phi) is 6.38. The molecular weight excluding hydrogens is 368 g/mol. The Labute approximate surface area is 134 Å². The molecule has 0 heterocycles. The zero-order valence-electron chi connectivity index (χ0n) is 12.3. The first-order valence-electron chi connectivity index (χ1n) is 6.86. The number of benzene rings is 1. The van der Waals surface area contributed by atoms with Crippen molar-refractivity contribution in [1.82, 2.24) is 0 Å². The number of phenolic OH excluding ortho intramolecular Hbond substituents is 1. The lowest BCUT2D eigenvalue weighted by Gasteiger charge is -2.23. The molecule has 0 spiro atoms. The highest BCUT2D eigenvalue weighted by molar-refractivity contribution is 9.11. The summed E-state index contributed by atoms with van der Waals surface area (Å²) >= 11 is 7.05. The first-order valence-corrected chi connectivity index (χ1v) is 8.44. The monoisotopic (exact) mass is 390 g/mol. The molecule has 3 heteroatoms. The molecule has 1 rings (SSSR count). The summed E-state index contributed by atoms with van der Waals surface area (Å²) in [6, 6.07) is 3.53. The minimum absolute atomic E-state index is 0.295. The van der Waals surface area contributed by atoms with Gasteiger partial charge in [-0.25, -0.2) is 0 Å². The second-order valence-corrected chi connectivity index (χ2v) is 8.36. The predicted molar refractivity (Wildman–Crippen MR) is 89.7 cm³/mol. The molecule has 108 valence electrons. The molecule has 0 saturated carbocycles. The molecule has 0 aliphatic carbocycles. The SMILES string of the molecule is CC(CCCc1c(Br)cc(O)cc1Br)CC(C)(C)C. The maximum atomic E-state index is 9.50. The maximum Gasteiger partial charge on any atom is 0.117 e. The second-order valence-electron chi connectivity index (χ2n) is 6.65. The van der Waals surface area contributed by atoms with E-state index >= 15 is 0 Å². The van der Waals surface area contributed by atoms with Gasteiger partial charge >= 0.3 is 0 Å². The first kappa shape index (κ1) is 17.0. The normalized spacial score (nSPS) is 13.6. The van der Waals surface area contributed by atoms with E-state index in [1.165, 1.54) is 24.8 Å². The molecule has 0 aliphatic rings. The van der Waals surface area contributed by atoms with Crippen LogP contribution < -0.4 is 0 Å². The maximum absolute atomic E-state index is 9.50. The van der Waals surface area contributed by atoms with E-state index in [4.69, 9.17) is 0 Å². The fourth-order valence-electron chi connectivity index (χ4n) is 2.60. The van der Waals surface area contributed by atoms with Crippen LogP contribution in [0.4, 0.5) is 0 Å². The molecule has 0 saturated heterocycles. The van der Waals surface area contributed by atoms with Gasteiger partial charge < -0.3 is 5.11 Å². The molecule has 1 aromatic carbocycles. The molecular formula is C16H24Br2O. The zero-order valence-corrected chi connectivity index (χ0v) is 15.4. The van der Waals surface area contributed by atoms with Gasteiger partial charge in [-0.2, -0.15) is 0 Å². The molecule has 0 bridgehead atoms. The minimum atomic E-state index is 0.295. The standard InChI is InChI=1S/C16H24Br2O/c1-11(10-16(2,3)4)6-5-7-13-14(17)8-12(19)9-15(13)18/h8-9,11,19H,5-7,10H2,1-4H3. The van der Waals surface area contributed by atoms with Crippen LogP contribution in [0.5, 0.6) is 5.75 Å². The summed E-state index contributed by atoms with van der Waals surface area (Å²) in [6.45, 7) is 9.25. The molecule has 0 fully saturated rings. The molecule has 19 heavy (non-hydrogen) atoms. The van der Waals surface area contributed by atoms with Crippen molar-refractivity contribution < 1.29 is 5.11 Å². The highest BCUT2D eigenvalue weighted by Gasteiger charge is 2.15. The van der Waals surface area contributed by atoms with Gasteiger partial charge in [0.25, 0.3) is 0 Å². The van der Waals surface area contributed by atoms with Gasteiger partial charge in [0.05, 0.1) is 0 Å². The third-order valence-corrected chi connectivity index (χ3v) is 4.63. The quantitative estimate of drug-likeness (QED) is 0.623. The molecule has 0 radical (unpaired) electrons. The summed E-state index contributed by atoms with van der Waals surface area (Å²) in [7, 11) is 0. The van der Waals surface area contributed by atoms with Crippen LogP contribution in [0.1, 0.15) is 52.5 Å². The number of hydrogen-bond donors (Lipinski definition) is 1. The Morgan fingerprint density at radius 1 is 1.16 bits per heavy atom. The average molecular weight is 392 g/mol. The van der Waals surface area contributed by atoms with Crippen molar-refractivity contribution >= 4 is 31.9 Å². The Hall–Kier alpha value is -0.0200. The molecule has 0 aliphatic heterocycles. The number of rotatable bonds is 5. The van der Waals surface area contributed by atoms with Crippen LogP contribution in [-0.4, -0.2) is 5.11 Å². The van der Waals surface area contributed by atoms with E-state index in [-0.39, 0.29) is 0 Å². The lowest BCUT2D eigenvalue weighted by molar-refractivity contribution is 0.293. The van der Waals surface area contributed by atoms with Gasteiger partial charge in [0.2, 0.25) is 0 Å². The second kappa shape index (κ2) is 7.12. The predicted octanol–water partition coefficient (Wildman–Crippen LogP) is 6.31. The third-order valence-electron chi connectivity index (χ3n) is 3.21. The average Bonchev–Trinajstić information content (AvgIpc) is 2.19. The van der Waals surface area contributed by atoms with Crippen molar-refractivity contribution in [2.45, 2.75) is 53.4 Å². The van der Waals surface area contributed by atoms with Gasteiger partial charge in [0.1, 0.15) is 5.75 Å². The van der Waals surface area contributed by atoms with E-state index in [2.05, 4.69) is 59.6 Å². The van der Waals surface area contributed by atoms with E-state index in [1.807, 2.05) is 0 Å². The lowest BCUT2D eigenvalue weighted by atomic mass is 9.83. The molecule has 1 aromatic rings. The van der Waals surface area contributed by atoms with Gasteiger partial charge in [-0.3, -0.25) is 0 Å². The number of aromatic hydroxyl groups is 1. The minimum Gasteiger partial charge on any atom is -0.508 e. The fourth-order valence-corrected chi connectivity index (χ4v) is 4.16. The number of phenols is 1. The molecule has 1 N–H and O–H groups in total. The van der Waals surface area contributed by atoms with Crippen LogP contribution in [0.25, 0.3) is 0 Å². The van der Waals surface area contributed by atoms with E-state index in [9.17, 15) is 5.11 Å². The Bertz CT molecular complexity index is 398. The molecule has 1 unspecified atom stereocenters. The number of halogens is 2. The van der Waals surface area contributed by atoms with Crippen LogP contribution in [0.3, 0.4) is 0 Å². The van der Waals surface area contributed by atoms with E-state index in [0.717, 1.165) is 21.3 Å². The van der Waals surface area contributed by atoms with Crippen LogP contribution >= 0.6 is 31.9 Å². The van der Waals surface area contributed by atoms with Crippen molar-refractivity contribution in [3.8, 4) is 5.75 Å². The van der Waals surface area contributed by atoms with E-state index in [1.54, 1.807) is 12.1 Å². The van der Waals surface area contributed by atoms with Crippen LogP contribution in [0.2, 0.25) is 0 Å². The summed E-state index contributed by atoms with van der Waals surface area (Å²) in [6.07, 6.45) is 4.73. The van der Waals surface area contributed by atoms with Crippen molar-refractivity contribution in [2.75, 3.05) is 0 Å². The van der Waals surface area contributed by atoms with Crippen LogP contribution in [0, 0.1) is 11.3 Å². The summed E-state index contributed by atoms with van der Waals surface area (Å²) in [4.78, 5) is 0. The molecule has 0 aromatic heterocycles. The van der Waals surface area contributed by atoms with Gasteiger partial charge in [0, 0.05) is 8.95 Å².